The number of nitrogens with one attached hydrogen (secondary N) is 1. The third-order valence-electron chi connectivity index (χ3n) is 4.05. The van der Waals surface area contributed by atoms with Gasteiger partial charge in [0, 0.05) is 38.3 Å². The van der Waals surface area contributed by atoms with Crippen molar-refractivity contribution >= 4 is 23.5 Å². The minimum Gasteiger partial charge on any atom is -0.338 e. The standard InChI is InChI=1S/C16H20N4O5/c1-3-18(4-2)16(23)17-8-5-9-19-14(21)12-7-6-11(20(24)25)10-13(12)15(19)22/h6-7,10H,3-5,8-9H2,1-2H3,(H,17,23). The Kier molecular flexibility index (Phi) is 5.68. The van der Waals surface area contributed by atoms with E-state index in [0.717, 1.165) is 11.0 Å². The fraction of sp³-hybridized carbons (Fsp3) is 0.438. The van der Waals surface area contributed by atoms with Crippen molar-refractivity contribution in [2.45, 2.75) is 20.3 Å². The number of hydrogen-bond donors (Lipinski definition) is 1. The molecule has 9 nitrogen and oxygen atoms in total. The van der Waals surface area contributed by atoms with E-state index < -0.39 is 16.7 Å². The van der Waals surface area contributed by atoms with Crippen molar-refractivity contribution in [1.82, 2.24) is 15.1 Å². The lowest BCUT2D eigenvalue weighted by molar-refractivity contribution is -0.384. The van der Waals surface area contributed by atoms with Gasteiger partial charge in [-0.3, -0.25) is 24.6 Å². The molecule has 0 saturated heterocycles. The van der Waals surface area contributed by atoms with E-state index in [2.05, 4.69) is 5.32 Å². The van der Waals surface area contributed by atoms with Crippen molar-refractivity contribution in [3.63, 3.8) is 0 Å². The molecule has 1 aliphatic heterocycles. The second-order valence-electron chi connectivity index (χ2n) is 5.51. The van der Waals surface area contributed by atoms with E-state index in [9.17, 15) is 24.5 Å². The number of benzene rings is 1. The van der Waals surface area contributed by atoms with Crippen LogP contribution in [-0.4, -0.2) is 58.7 Å². The van der Waals surface area contributed by atoms with Gasteiger partial charge in [-0.25, -0.2) is 4.79 Å². The minimum atomic E-state index is -0.608. The molecule has 0 bridgehead atoms. The van der Waals surface area contributed by atoms with E-state index in [1.54, 1.807) is 4.90 Å². The lowest BCUT2D eigenvalue weighted by atomic mass is 10.1. The Morgan fingerprint density at radius 3 is 2.44 bits per heavy atom. The average molecular weight is 348 g/mol. The third kappa shape index (κ3) is 3.76. The summed E-state index contributed by atoms with van der Waals surface area (Å²) in [6.45, 7) is 5.41. The maximum absolute atomic E-state index is 12.3. The minimum absolute atomic E-state index is 0.0476. The first-order valence-electron chi connectivity index (χ1n) is 8.08. The predicted octanol–water partition coefficient (Wildman–Crippen LogP) is 1.63. The quantitative estimate of drug-likeness (QED) is 0.348. The van der Waals surface area contributed by atoms with Crippen molar-refractivity contribution in [3.8, 4) is 0 Å². The number of hydrogen-bond acceptors (Lipinski definition) is 5. The number of nitro benzene ring substituents is 1. The van der Waals surface area contributed by atoms with Gasteiger partial charge in [-0.15, -0.1) is 0 Å². The van der Waals surface area contributed by atoms with E-state index in [0.29, 0.717) is 26.1 Å². The highest BCUT2D eigenvalue weighted by atomic mass is 16.6. The first-order chi connectivity index (χ1) is 11.9. The van der Waals surface area contributed by atoms with Crippen LogP contribution in [0.5, 0.6) is 0 Å². The summed E-state index contributed by atoms with van der Waals surface area (Å²) in [5.74, 6) is -1.01. The molecule has 1 aromatic carbocycles. The van der Waals surface area contributed by atoms with Crippen molar-refractivity contribution in [2.24, 2.45) is 0 Å². The van der Waals surface area contributed by atoms with Crippen LogP contribution in [0.1, 0.15) is 41.0 Å². The highest BCUT2D eigenvalue weighted by molar-refractivity contribution is 6.21. The molecule has 1 N–H and O–H groups in total. The van der Waals surface area contributed by atoms with Crippen molar-refractivity contribution in [2.75, 3.05) is 26.2 Å². The topological polar surface area (TPSA) is 113 Å². The number of imide groups is 1. The van der Waals surface area contributed by atoms with Gasteiger partial charge in [0.15, 0.2) is 0 Å². The van der Waals surface area contributed by atoms with Gasteiger partial charge in [0.25, 0.3) is 17.5 Å². The van der Waals surface area contributed by atoms with E-state index in [1.165, 1.54) is 12.1 Å². The molecule has 1 heterocycles. The summed E-state index contributed by atoms with van der Waals surface area (Å²) in [5, 5.41) is 13.5. The molecule has 9 heteroatoms. The zero-order valence-corrected chi connectivity index (χ0v) is 14.2. The van der Waals surface area contributed by atoms with Crippen LogP contribution < -0.4 is 5.32 Å². The normalized spacial score (nSPS) is 13.0. The molecule has 4 amide bonds. The third-order valence-corrected chi connectivity index (χ3v) is 4.05. The second-order valence-corrected chi connectivity index (χ2v) is 5.51. The van der Waals surface area contributed by atoms with Crippen LogP contribution in [0.25, 0.3) is 0 Å². The molecule has 0 atom stereocenters. The molecule has 2 rings (SSSR count). The van der Waals surface area contributed by atoms with Crippen molar-refractivity contribution in [1.29, 1.82) is 0 Å². The molecular formula is C16H20N4O5. The largest absolute Gasteiger partial charge is 0.338 e. The smallest absolute Gasteiger partial charge is 0.317 e. The number of nitrogens with zero attached hydrogens (tertiary/aromatic N) is 3. The summed E-state index contributed by atoms with van der Waals surface area (Å²) in [6, 6.07) is 3.44. The van der Waals surface area contributed by atoms with E-state index in [-0.39, 0.29) is 29.4 Å². The fourth-order valence-electron chi connectivity index (χ4n) is 2.65. The van der Waals surface area contributed by atoms with Crippen LogP contribution in [0, 0.1) is 10.1 Å². The number of carbonyl (C=O) groups is 3. The molecule has 0 spiro atoms. The number of amides is 4. The number of urea groups is 1. The zero-order chi connectivity index (χ0) is 18.6. The molecule has 0 radical (unpaired) electrons. The van der Waals surface area contributed by atoms with Gasteiger partial charge in [-0.05, 0) is 26.3 Å². The Bertz CT molecular complexity index is 714. The molecule has 1 aromatic rings. The SMILES string of the molecule is CCN(CC)C(=O)NCCCN1C(=O)c2ccc([N+](=O)[O-])cc2C1=O. The molecule has 0 fully saturated rings. The van der Waals surface area contributed by atoms with Gasteiger partial charge < -0.3 is 10.2 Å². The van der Waals surface area contributed by atoms with Crippen LogP contribution >= 0.6 is 0 Å². The predicted molar refractivity (Wildman–Crippen MR) is 89.4 cm³/mol. The molecule has 0 aromatic heterocycles. The van der Waals surface area contributed by atoms with Crippen molar-refractivity contribution < 1.29 is 19.3 Å². The Morgan fingerprint density at radius 1 is 1.20 bits per heavy atom. The Balaban J connectivity index is 1.94. The van der Waals surface area contributed by atoms with Crippen LogP contribution in [0.4, 0.5) is 10.5 Å². The Labute approximate surface area is 144 Å². The van der Waals surface area contributed by atoms with Crippen LogP contribution in [-0.2, 0) is 0 Å². The average Bonchev–Trinajstić information content (AvgIpc) is 2.83. The first kappa shape index (κ1) is 18.4. The Hall–Kier alpha value is -2.97. The van der Waals surface area contributed by atoms with Crippen LogP contribution in [0.15, 0.2) is 18.2 Å². The maximum atomic E-state index is 12.3. The number of rotatable bonds is 7. The lowest BCUT2D eigenvalue weighted by Crippen LogP contribution is -2.41. The van der Waals surface area contributed by atoms with Gasteiger partial charge in [-0.1, -0.05) is 0 Å². The zero-order valence-electron chi connectivity index (χ0n) is 14.2. The fourth-order valence-corrected chi connectivity index (χ4v) is 2.65. The second kappa shape index (κ2) is 7.73. The summed E-state index contributed by atoms with van der Waals surface area (Å²) in [6.07, 6.45) is 0.403. The highest BCUT2D eigenvalue weighted by Crippen LogP contribution is 2.26. The molecule has 0 aliphatic carbocycles. The highest BCUT2D eigenvalue weighted by Gasteiger charge is 2.36. The monoisotopic (exact) mass is 348 g/mol. The van der Waals surface area contributed by atoms with Gasteiger partial charge >= 0.3 is 6.03 Å². The van der Waals surface area contributed by atoms with E-state index in [4.69, 9.17) is 0 Å². The summed E-state index contributed by atoms with van der Waals surface area (Å²) in [4.78, 5) is 49.2. The molecule has 25 heavy (non-hydrogen) atoms. The first-order valence-corrected chi connectivity index (χ1v) is 8.08. The summed E-state index contributed by atoms with van der Waals surface area (Å²) < 4.78 is 0. The van der Waals surface area contributed by atoms with E-state index >= 15 is 0 Å². The summed E-state index contributed by atoms with van der Waals surface area (Å²) in [5.41, 5.74) is -0.0117. The van der Waals surface area contributed by atoms with E-state index in [1.807, 2.05) is 13.8 Å². The van der Waals surface area contributed by atoms with Gasteiger partial charge in [0.05, 0.1) is 16.1 Å². The van der Waals surface area contributed by atoms with Crippen molar-refractivity contribution in [3.05, 3.63) is 39.4 Å². The van der Waals surface area contributed by atoms with Gasteiger partial charge in [0.1, 0.15) is 0 Å². The van der Waals surface area contributed by atoms with Gasteiger partial charge in [0.2, 0.25) is 0 Å². The summed E-state index contributed by atoms with van der Waals surface area (Å²) in [7, 11) is 0. The number of fused-ring (bicyclic) bond motifs is 1. The maximum Gasteiger partial charge on any atom is 0.317 e. The van der Waals surface area contributed by atoms with Crippen LogP contribution in [0.2, 0.25) is 0 Å². The number of non-ortho nitro benzene ring substituents is 1. The number of carbonyl (C=O) groups excluding carboxylic acids is 3. The molecular weight excluding hydrogens is 328 g/mol. The molecule has 0 saturated carbocycles. The Morgan fingerprint density at radius 2 is 1.84 bits per heavy atom. The summed E-state index contributed by atoms with van der Waals surface area (Å²) >= 11 is 0. The molecule has 1 aliphatic rings. The number of nitro groups is 1. The van der Waals surface area contributed by atoms with Gasteiger partial charge in [-0.2, -0.15) is 0 Å². The molecule has 0 unspecified atom stereocenters. The lowest BCUT2D eigenvalue weighted by Gasteiger charge is -2.19. The molecule has 134 valence electrons. The van der Waals surface area contributed by atoms with Crippen LogP contribution in [0.3, 0.4) is 0 Å².